The normalized spacial score (nSPS) is 13.2. The second-order valence-electron chi connectivity index (χ2n) is 9.81. The van der Waals surface area contributed by atoms with Crippen LogP contribution in [-0.4, -0.2) is 35.4 Å². The van der Waals surface area contributed by atoms with Crippen LogP contribution in [-0.2, 0) is 21.5 Å². The lowest BCUT2D eigenvalue weighted by Crippen LogP contribution is -2.51. The van der Waals surface area contributed by atoms with E-state index in [-0.39, 0.29) is 29.9 Å². The molecule has 5 nitrogen and oxygen atoms in total. The van der Waals surface area contributed by atoms with Gasteiger partial charge in [0.15, 0.2) is 6.61 Å². The molecule has 2 aromatic rings. The number of nitrogens with one attached hydrogen (secondary N) is 1. The fraction of sp³-hybridized carbons (Fsp3) is 0.500. The van der Waals surface area contributed by atoms with Crippen molar-refractivity contribution in [1.82, 2.24) is 10.2 Å². The Balaban J connectivity index is 2.19. The van der Waals surface area contributed by atoms with Crippen molar-refractivity contribution in [3.63, 3.8) is 0 Å². The molecule has 0 aliphatic rings. The predicted octanol–water partition coefficient (Wildman–Crippen LogP) is 5.39. The Morgan fingerprint density at radius 1 is 0.970 bits per heavy atom. The first kappa shape index (κ1) is 26.4. The minimum absolute atomic E-state index is 0.0521. The molecule has 2 atom stereocenters. The molecule has 1 N–H and O–H groups in total. The molecule has 0 radical (unpaired) electrons. The first-order chi connectivity index (χ1) is 15.5. The van der Waals surface area contributed by atoms with E-state index < -0.39 is 6.04 Å². The zero-order chi connectivity index (χ0) is 24.6. The summed E-state index contributed by atoms with van der Waals surface area (Å²) in [6.07, 6.45) is 1.36. The Morgan fingerprint density at radius 2 is 1.58 bits per heavy atom. The average Bonchev–Trinajstić information content (AvgIpc) is 2.78. The standard InChI is InChI=1S/C28H40N2O3/c1-8-21(4)29-27(32)25(9-2)30(18-22-12-10-20(3)11-13-22)26(31)19-33-24-16-14-23(15-17-24)28(5,6)7/h10-17,21,25H,8-9,18-19H2,1-7H3,(H,29,32)/t21-,25-/m1/s1. The van der Waals surface area contributed by atoms with Crippen LogP contribution in [0.4, 0.5) is 0 Å². The lowest BCUT2D eigenvalue weighted by molar-refractivity contribution is -0.143. The topological polar surface area (TPSA) is 58.6 Å². The smallest absolute Gasteiger partial charge is 0.261 e. The van der Waals surface area contributed by atoms with Gasteiger partial charge in [-0.25, -0.2) is 0 Å². The van der Waals surface area contributed by atoms with Crippen molar-refractivity contribution >= 4 is 11.8 Å². The van der Waals surface area contributed by atoms with Crippen LogP contribution in [0.5, 0.6) is 5.75 Å². The fourth-order valence-corrected chi connectivity index (χ4v) is 3.53. The van der Waals surface area contributed by atoms with Gasteiger partial charge in [0, 0.05) is 12.6 Å². The van der Waals surface area contributed by atoms with Gasteiger partial charge >= 0.3 is 0 Å². The third kappa shape index (κ3) is 7.92. The van der Waals surface area contributed by atoms with Crippen molar-refractivity contribution in [2.24, 2.45) is 0 Å². The third-order valence-electron chi connectivity index (χ3n) is 5.94. The number of nitrogens with zero attached hydrogens (tertiary/aromatic N) is 1. The molecule has 33 heavy (non-hydrogen) atoms. The average molecular weight is 453 g/mol. The fourth-order valence-electron chi connectivity index (χ4n) is 3.53. The Morgan fingerprint density at radius 3 is 2.09 bits per heavy atom. The van der Waals surface area contributed by atoms with Crippen molar-refractivity contribution < 1.29 is 14.3 Å². The summed E-state index contributed by atoms with van der Waals surface area (Å²) in [4.78, 5) is 27.9. The van der Waals surface area contributed by atoms with Gasteiger partial charge in [0.2, 0.25) is 5.91 Å². The summed E-state index contributed by atoms with van der Waals surface area (Å²) in [7, 11) is 0. The van der Waals surface area contributed by atoms with Gasteiger partial charge in [-0.2, -0.15) is 0 Å². The van der Waals surface area contributed by atoms with Gasteiger partial charge < -0.3 is 15.0 Å². The molecule has 2 amide bonds. The van der Waals surface area contributed by atoms with E-state index >= 15 is 0 Å². The Kier molecular flexibility index (Phi) is 9.51. The second-order valence-corrected chi connectivity index (χ2v) is 9.81. The molecule has 180 valence electrons. The molecule has 0 unspecified atom stereocenters. The quantitative estimate of drug-likeness (QED) is 0.526. The number of hydrogen-bond donors (Lipinski definition) is 1. The van der Waals surface area contributed by atoms with E-state index in [0.29, 0.717) is 18.7 Å². The van der Waals surface area contributed by atoms with Crippen LogP contribution in [0.15, 0.2) is 48.5 Å². The molecule has 0 aliphatic heterocycles. The van der Waals surface area contributed by atoms with Gasteiger partial charge in [-0.15, -0.1) is 0 Å². The lowest BCUT2D eigenvalue weighted by atomic mass is 9.87. The van der Waals surface area contributed by atoms with Crippen LogP contribution in [0.1, 0.15) is 71.1 Å². The van der Waals surface area contributed by atoms with E-state index in [2.05, 4.69) is 26.1 Å². The largest absolute Gasteiger partial charge is 0.484 e. The highest BCUT2D eigenvalue weighted by atomic mass is 16.5. The molecule has 2 aromatic carbocycles. The zero-order valence-electron chi connectivity index (χ0n) is 21.3. The lowest BCUT2D eigenvalue weighted by Gasteiger charge is -2.31. The van der Waals surface area contributed by atoms with Gasteiger partial charge in [-0.3, -0.25) is 9.59 Å². The molecule has 0 aliphatic carbocycles. The molecule has 0 aromatic heterocycles. The number of aryl methyl sites for hydroxylation is 1. The number of carbonyl (C=O) groups is 2. The van der Waals surface area contributed by atoms with Crippen LogP contribution in [0.3, 0.4) is 0 Å². The summed E-state index contributed by atoms with van der Waals surface area (Å²) >= 11 is 0. The van der Waals surface area contributed by atoms with Crippen LogP contribution in [0.25, 0.3) is 0 Å². The maximum atomic E-state index is 13.3. The van der Waals surface area contributed by atoms with Gasteiger partial charge in [0.25, 0.3) is 5.91 Å². The van der Waals surface area contributed by atoms with E-state index in [0.717, 1.165) is 17.5 Å². The first-order valence-corrected chi connectivity index (χ1v) is 11.9. The van der Waals surface area contributed by atoms with Crippen molar-refractivity contribution in [2.75, 3.05) is 6.61 Å². The summed E-state index contributed by atoms with van der Waals surface area (Å²) in [5.74, 6) is 0.312. The molecule has 0 fully saturated rings. The van der Waals surface area contributed by atoms with Crippen molar-refractivity contribution in [2.45, 2.75) is 85.4 Å². The molecule has 5 heteroatoms. The van der Waals surface area contributed by atoms with Crippen molar-refractivity contribution in [3.05, 3.63) is 65.2 Å². The summed E-state index contributed by atoms with van der Waals surface area (Å²) in [6, 6.07) is 15.4. The molecule has 2 rings (SSSR count). The second kappa shape index (κ2) is 11.9. The number of ether oxygens (including phenoxy) is 1. The number of hydrogen-bond acceptors (Lipinski definition) is 3. The van der Waals surface area contributed by atoms with Crippen LogP contribution in [0.2, 0.25) is 0 Å². The maximum absolute atomic E-state index is 13.3. The summed E-state index contributed by atoms with van der Waals surface area (Å²) in [5.41, 5.74) is 3.39. The molecule has 0 saturated carbocycles. The van der Waals surface area contributed by atoms with Crippen LogP contribution < -0.4 is 10.1 Å². The Labute approximate surface area is 199 Å². The predicted molar refractivity (Wildman–Crippen MR) is 134 cm³/mol. The van der Waals surface area contributed by atoms with E-state index in [1.54, 1.807) is 4.90 Å². The summed E-state index contributed by atoms with van der Waals surface area (Å²) in [6.45, 7) is 14.7. The first-order valence-electron chi connectivity index (χ1n) is 11.9. The molecule has 0 bridgehead atoms. The number of rotatable bonds is 10. The van der Waals surface area contributed by atoms with Gasteiger partial charge in [-0.1, -0.05) is 76.6 Å². The number of amides is 2. The number of benzene rings is 2. The molecule has 0 heterocycles. The highest BCUT2D eigenvalue weighted by Gasteiger charge is 2.29. The third-order valence-corrected chi connectivity index (χ3v) is 5.94. The SMILES string of the molecule is CC[C@@H](C)NC(=O)[C@@H](CC)N(Cc1ccc(C)cc1)C(=O)COc1ccc(C(C)(C)C)cc1. The summed E-state index contributed by atoms with van der Waals surface area (Å²) < 4.78 is 5.83. The van der Waals surface area contributed by atoms with Crippen LogP contribution in [0, 0.1) is 6.92 Å². The van der Waals surface area contributed by atoms with Crippen molar-refractivity contribution in [3.8, 4) is 5.75 Å². The molecular formula is C28H40N2O3. The minimum Gasteiger partial charge on any atom is -0.484 e. The monoisotopic (exact) mass is 452 g/mol. The van der Waals surface area contributed by atoms with E-state index in [1.165, 1.54) is 5.56 Å². The van der Waals surface area contributed by atoms with Gasteiger partial charge in [-0.05, 0) is 55.4 Å². The van der Waals surface area contributed by atoms with E-state index in [4.69, 9.17) is 4.74 Å². The molecule has 0 spiro atoms. The zero-order valence-corrected chi connectivity index (χ0v) is 21.3. The molecular weight excluding hydrogens is 412 g/mol. The van der Waals surface area contributed by atoms with Gasteiger partial charge in [0.1, 0.15) is 11.8 Å². The highest BCUT2D eigenvalue weighted by molar-refractivity contribution is 5.88. The minimum atomic E-state index is -0.556. The summed E-state index contributed by atoms with van der Waals surface area (Å²) in [5, 5.41) is 3.03. The van der Waals surface area contributed by atoms with E-state index in [1.807, 2.05) is 76.2 Å². The number of carbonyl (C=O) groups excluding carboxylic acids is 2. The van der Waals surface area contributed by atoms with Gasteiger partial charge in [0.05, 0.1) is 0 Å². The van der Waals surface area contributed by atoms with Crippen molar-refractivity contribution in [1.29, 1.82) is 0 Å². The highest BCUT2D eigenvalue weighted by Crippen LogP contribution is 2.24. The Bertz CT molecular complexity index is 898. The van der Waals surface area contributed by atoms with Crippen LogP contribution >= 0.6 is 0 Å². The Hall–Kier alpha value is -2.82. The maximum Gasteiger partial charge on any atom is 0.261 e. The molecule has 0 saturated heterocycles. The van der Waals surface area contributed by atoms with E-state index in [9.17, 15) is 9.59 Å².